The number of benzene rings is 2. The standard InChI is InChI=1S/C22H29FN4.HI/c1-24-22(25-13-12-18-8-10-21(23)11-9-18)26-16-19-4-6-20(7-5-19)17-27-14-2-3-15-27;/h4-11H,2-3,12-17H2,1H3,(H2,24,25,26);1H. The van der Waals surface area contributed by atoms with Crippen molar-refractivity contribution in [1.29, 1.82) is 0 Å². The molecule has 1 aliphatic heterocycles. The summed E-state index contributed by atoms with van der Waals surface area (Å²) in [6.07, 6.45) is 3.48. The zero-order valence-electron chi connectivity index (χ0n) is 16.5. The molecule has 1 heterocycles. The molecule has 0 aromatic heterocycles. The predicted octanol–water partition coefficient (Wildman–Crippen LogP) is 3.95. The second-order valence-electron chi connectivity index (χ2n) is 7.03. The van der Waals surface area contributed by atoms with Crippen LogP contribution in [-0.2, 0) is 19.5 Å². The van der Waals surface area contributed by atoms with E-state index in [-0.39, 0.29) is 29.8 Å². The average molecular weight is 496 g/mol. The van der Waals surface area contributed by atoms with Crippen molar-refractivity contribution in [3.05, 3.63) is 71.0 Å². The third-order valence-electron chi connectivity index (χ3n) is 4.93. The van der Waals surface area contributed by atoms with Crippen molar-refractivity contribution in [3.8, 4) is 0 Å². The number of aliphatic imine (C=N–C) groups is 1. The Hall–Kier alpha value is -1.67. The summed E-state index contributed by atoms with van der Waals surface area (Å²) in [7, 11) is 1.77. The van der Waals surface area contributed by atoms with Crippen molar-refractivity contribution < 1.29 is 4.39 Å². The first-order valence-electron chi connectivity index (χ1n) is 9.72. The van der Waals surface area contributed by atoms with E-state index in [1.165, 1.54) is 49.2 Å². The van der Waals surface area contributed by atoms with Crippen LogP contribution in [0.2, 0.25) is 0 Å². The van der Waals surface area contributed by atoms with Crippen molar-refractivity contribution in [3.63, 3.8) is 0 Å². The van der Waals surface area contributed by atoms with Crippen molar-refractivity contribution in [2.45, 2.75) is 32.4 Å². The fourth-order valence-corrected chi connectivity index (χ4v) is 3.34. The van der Waals surface area contributed by atoms with Crippen LogP contribution in [0.4, 0.5) is 4.39 Å². The molecule has 0 amide bonds. The van der Waals surface area contributed by atoms with E-state index in [4.69, 9.17) is 0 Å². The summed E-state index contributed by atoms with van der Waals surface area (Å²) in [6.45, 7) is 4.99. The molecule has 0 radical (unpaired) electrons. The summed E-state index contributed by atoms with van der Waals surface area (Å²) >= 11 is 0. The van der Waals surface area contributed by atoms with Gasteiger partial charge in [-0.05, 0) is 61.2 Å². The summed E-state index contributed by atoms with van der Waals surface area (Å²) in [5, 5.41) is 6.64. The number of rotatable bonds is 7. The second-order valence-corrected chi connectivity index (χ2v) is 7.03. The maximum atomic E-state index is 12.9. The van der Waals surface area contributed by atoms with Gasteiger partial charge in [-0.3, -0.25) is 9.89 Å². The Bertz CT molecular complexity index is 725. The SMILES string of the molecule is CN=C(NCCc1ccc(F)cc1)NCc1ccc(CN2CCCC2)cc1.I. The maximum Gasteiger partial charge on any atom is 0.191 e. The van der Waals surface area contributed by atoms with Gasteiger partial charge in [0.15, 0.2) is 5.96 Å². The van der Waals surface area contributed by atoms with Gasteiger partial charge in [0.25, 0.3) is 0 Å². The van der Waals surface area contributed by atoms with E-state index in [2.05, 4.69) is 44.8 Å². The van der Waals surface area contributed by atoms with Crippen LogP contribution >= 0.6 is 24.0 Å². The number of nitrogens with one attached hydrogen (secondary N) is 2. The lowest BCUT2D eigenvalue weighted by Crippen LogP contribution is -2.37. The van der Waals surface area contributed by atoms with Gasteiger partial charge in [0.1, 0.15) is 5.82 Å². The molecule has 4 nitrogen and oxygen atoms in total. The molecule has 1 fully saturated rings. The van der Waals surface area contributed by atoms with Crippen LogP contribution in [0.15, 0.2) is 53.5 Å². The zero-order chi connectivity index (χ0) is 18.9. The minimum absolute atomic E-state index is 0. The van der Waals surface area contributed by atoms with Crippen LogP contribution in [0.1, 0.15) is 29.5 Å². The molecular weight excluding hydrogens is 466 g/mol. The third-order valence-corrected chi connectivity index (χ3v) is 4.93. The Kier molecular flexibility index (Phi) is 9.70. The van der Waals surface area contributed by atoms with Crippen LogP contribution in [0.5, 0.6) is 0 Å². The quantitative estimate of drug-likeness (QED) is 0.347. The Morgan fingerprint density at radius 1 is 0.929 bits per heavy atom. The van der Waals surface area contributed by atoms with Gasteiger partial charge < -0.3 is 10.6 Å². The molecule has 0 unspecified atom stereocenters. The highest BCUT2D eigenvalue weighted by molar-refractivity contribution is 14.0. The van der Waals surface area contributed by atoms with E-state index < -0.39 is 0 Å². The van der Waals surface area contributed by atoms with Gasteiger partial charge in [0.05, 0.1) is 0 Å². The highest BCUT2D eigenvalue weighted by atomic mass is 127. The van der Waals surface area contributed by atoms with Crippen molar-refractivity contribution in [2.24, 2.45) is 4.99 Å². The molecule has 2 aromatic rings. The van der Waals surface area contributed by atoms with E-state index in [1.807, 2.05) is 12.1 Å². The Morgan fingerprint density at radius 2 is 1.54 bits per heavy atom. The number of guanidine groups is 1. The number of nitrogens with zero attached hydrogens (tertiary/aromatic N) is 2. The molecule has 0 aliphatic carbocycles. The molecule has 3 rings (SSSR count). The van der Waals surface area contributed by atoms with Crippen LogP contribution in [0, 0.1) is 5.82 Å². The lowest BCUT2D eigenvalue weighted by Gasteiger charge is -2.15. The fraction of sp³-hybridized carbons (Fsp3) is 0.409. The maximum absolute atomic E-state index is 12.9. The van der Waals surface area contributed by atoms with E-state index >= 15 is 0 Å². The first-order chi connectivity index (χ1) is 13.2. The normalized spacial score (nSPS) is 14.6. The van der Waals surface area contributed by atoms with E-state index in [9.17, 15) is 4.39 Å². The summed E-state index contributed by atoms with van der Waals surface area (Å²) in [4.78, 5) is 6.78. The van der Waals surface area contributed by atoms with Crippen molar-refractivity contribution in [2.75, 3.05) is 26.7 Å². The first kappa shape index (κ1) is 22.6. The Labute approximate surface area is 184 Å². The second kappa shape index (κ2) is 12.0. The summed E-state index contributed by atoms with van der Waals surface area (Å²) in [5.41, 5.74) is 3.72. The highest BCUT2D eigenvalue weighted by Gasteiger charge is 2.11. The predicted molar refractivity (Wildman–Crippen MR) is 125 cm³/mol. The van der Waals surface area contributed by atoms with Crippen molar-refractivity contribution in [1.82, 2.24) is 15.5 Å². The molecule has 0 spiro atoms. The molecule has 152 valence electrons. The fourth-order valence-electron chi connectivity index (χ4n) is 3.34. The average Bonchev–Trinajstić information content (AvgIpc) is 3.20. The molecule has 0 bridgehead atoms. The monoisotopic (exact) mass is 496 g/mol. The number of hydrogen-bond acceptors (Lipinski definition) is 2. The smallest absolute Gasteiger partial charge is 0.191 e. The first-order valence-corrected chi connectivity index (χ1v) is 9.72. The Morgan fingerprint density at radius 3 is 2.18 bits per heavy atom. The molecule has 6 heteroatoms. The summed E-state index contributed by atoms with van der Waals surface area (Å²) in [5.74, 6) is 0.578. The van der Waals surface area contributed by atoms with Crippen LogP contribution < -0.4 is 10.6 Å². The van der Waals surface area contributed by atoms with Crippen molar-refractivity contribution >= 4 is 29.9 Å². The van der Waals surface area contributed by atoms with Gasteiger partial charge in [-0.15, -0.1) is 24.0 Å². The third kappa shape index (κ3) is 7.39. The van der Waals surface area contributed by atoms with Crippen LogP contribution in [-0.4, -0.2) is 37.5 Å². The van der Waals surface area contributed by atoms with Gasteiger partial charge in [0.2, 0.25) is 0 Å². The minimum atomic E-state index is -0.198. The van der Waals surface area contributed by atoms with Gasteiger partial charge >= 0.3 is 0 Å². The Balaban J connectivity index is 0.00000280. The summed E-state index contributed by atoms with van der Waals surface area (Å²) in [6, 6.07) is 15.4. The van der Waals surface area contributed by atoms with E-state index in [1.54, 1.807) is 7.05 Å². The van der Waals surface area contributed by atoms with Crippen LogP contribution in [0.25, 0.3) is 0 Å². The zero-order valence-corrected chi connectivity index (χ0v) is 18.8. The van der Waals surface area contributed by atoms with Crippen LogP contribution in [0.3, 0.4) is 0 Å². The number of halogens is 2. The minimum Gasteiger partial charge on any atom is -0.356 e. The van der Waals surface area contributed by atoms with E-state index in [0.717, 1.165) is 37.6 Å². The topological polar surface area (TPSA) is 39.7 Å². The lowest BCUT2D eigenvalue weighted by molar-refractivity contribution is 0.331. The molecule has 0 saturated carbocycles. The van der Waals surface area contributed by atoms with E-state index in [0.29, 0.717) is 0 Å². The summed E-state index contributed by atoms with van der Waals surface area (Å²) < 4.78 is 12.9. The number of likely N-dealkylation sites (tertiary alicyclic amines) is 1. The molecule has 0 atom stereocenters. The molecule has 1 aliphatic rings. The molecule has 2 N–H and O–H groups in total. The van der Waals surface area contributed by atoms with Gasteiger partial charge in [-0.1, -0.05) is 36.4 Å². The largest absolute Gasteiger partial charge is 0.356 e. The molecule has 28 heavy (non-hydrogen) atoms. The lowest BCUT2D eigenvalue weighted by atomic mass is 10.1. The van der Waals surface area contributed by atoms with Gasteiger partial charge in [0, 0.05) is 26.7 Å². The highest BCUT2D eigenvalue weighted by Crippen LogP contribution is 2.13. The molecular formula is C22H30FIN4. The molecule has 1 saturated heterocycles. The molecule has 2 aromatic carbocycles. The number of hydrogen-bond donors (Lipinski definition) is 2. The van der Waals surface area contributed by atoms with Gasteiger partial charge in [-0.2, -0.15) is 0 Å². The van der Waals surface area contributed by atoms with Gasteiger partial charge in [-0.25, -0.2) is 4.39 Å².